The summed E-state index contributed by atoms with van der Waals surface area (Å²) in [5.74, 6) is -0.150. The second-order valence-corrected chi connectivity index (χ2v) is 10.7. The molecule has 0 bridgehead atoms. The van der Waals surface area contributed by atoms with E-state index < -0.39 is 23.9 Å². The second kappa shape index (κ2) is 7.98. The molecule has 0 aliphatic carbocycles. The summed E-state index contributed by atoms with van der Waals surface area (Å²) in [6, 6.07) is 5.04. The molecule has 3 rings (SSSR count). The Hall–Kier alpha value is -1.77. The van der Waals surface area contributed by atoms with Gasteiger partial charge in [0.1, 0.15) is 5.60 Å². The quantitative estimate of drug-likeness (QED) is 0.661. The molecule has 1 aromatic rings. The van der Waals surface area contributed by atoms with Crippen molar-refractivity contribution in [2.45, 2.75) is 71.3 Å². The van der Waals surface area contributed by atoms with E-state index in [1.807, 2.05) is 48.5 Å². The van der Waals surface area contributed by atoms with Crippen LogP contribution < -0.4 is 5.46 Å². The van der Waals surface area contributed by atoms with Crippen LogP contribution in [0.5, 0.6) is 0 Å². The van der Waals surface area contributed by atoms with Crippen molar-refractivity contribution in [2.24, 2.45) is 0 Å². The number of likely N-dealkylation sites (N-methyl/N-ethyl adjacent to an activating group) is 1. The minimum atomic E-state index is -0.651. The van der Waals surface area contributed by atoms with Gasteiger partial charge in [-0.05, 0) is 66.7 Å². The lowest BCUT2D eigenvalue weighted by Gasteiger charge is -2.44. The van der Waals surface area contributed by atoms with Gasteiger partial charge in [-0.3, -0.25) is 4.79 Å². The zero-order valence-electron chi connectivity index (χ0n) is 19.6. The monoisotopic (exact) mass is 450 g/mol. The van der Waals surface area contributed by atoms with Gasteiger partial charge in [-0.2, -0.15) is 0 Å². The van der Waals surface area contributed by atoms with Crippen LogP contribution in [0.15, 0.2) is 18.2 Å². The van der Waals surface area contributed by atoms with Crippen LogP contribution >= 0.6 is 11.6 Å². The topological polar surface area (TPSA) is 68.3 Å². The lowest BCUT2D eigenvalue weighted by Crippen LogP contribution is -2.61. The van der Waals surface area contributed by atoms with Crippen molar-refractivity contribution < 1.29 is 23.6 Å². The van der Waals surface area contributed by atoms with E-state index in [-0.39, 0.29) is 18.0 Å². The molecule has 0 saturated carbocycles. The molecule has 9 heteroatoms. The van der Waals surface area contributed by atoms with E-state index in [4.69, 9.17) is 25.6 Å². The minimum Gasteiger partial charge on any atom is -0.444 e. The number of benzene rings is 1. The number of likely N-dealkylation sites (tertiary alicyclic amines) is 1. The number of rotatable bonds is 3. The Balaban J connectivity index is 1.68. The van der Waals surface area contributed by atoms with Crippen molar-refractivity contribution in [1.29, 1.82) is 0 Å². The molecule has 1 aromatic carbocycles. The number of ether oxygens (including phenoxy) is 1. The van der Waals surface area contributed by atoms with E-state index >= 15 is 0 Å². The molecule has 0 spiro atoms. The van der Waals surface area contributed by atoms with Crippen molar-refractivity contribution in [1.82, 2.24) is 9.80 Å². The van der Waals surface area contributed by atoms with Gasteiger partial charge in [0.25, 0.3) is 5.91 Å². The lowest BCUT2D eigenvalue weighted by atomic mass is 9.78. The number of amides is 2. The van der Waals surface area contributed by atoms with E-state index in [0.717, 1.165) is 0 Å². The first kappa shape index (κ1) is 23.9. The van der Waals surface area contributed by atoms with Gasteiger partial charge in [0.15, 0.2) is 0 Å². The highest BCUT2D eigenvalue weighted by molar-refractivity contribution is 6.65. The second-order valence-electron chi connectivity index (χ2n) is 10.3. The van der Waals surface area contributed by atoms with Crippen molar-refractivity contribution in [3.05, 3.63) is 28.8 Å². The van der Waals surface area contributed by atoms with Crippen molar-refractivity contribution in [3.63, 3.8) is 0 Å². The minimum absolute atomic E-state index is 0.0732. The normalized spacial score (nSPS) is 20.4. The summed E-state index contributed by atoms with van der Waals surface area (Å²) in [6.45, 7) is 14.2. The fourth-order valence-corrected chi connectivity index (χ4v) is 3.58. The number of hydrogen-bond donors (Lipinski definition) is 0. The first-order chi connectivity index (χ1) is 14.1. The maximum Gasteiger partial charge on any atom is 0.496 e. The third kappa shape index (κ3) is 4.86. The highest BCUT2D eigenvalue weighted by Crippen LogP contribution is 2.37. The summed E-state index contributed by atoms with van der Waals surface area (Å²) < 4.78 is 17.6. The zero-order valence-corrected chi connectivity index (χ0v) is 20.4. The van der Waals surface area contributed by atoms with Crippen LogP contribution in [-0.2, 0) is 14.0 Å². The summed E-state index contributed by atoms with van der Waals surface area (Å²) in [5, 5.41) is 0.484. The molecule has 2 aliphatic rings. The Morgan fingerprint density at radius 1 is 1.16 bits per heavy atom. The van der Waals surface area contributed by atoms with Crippen molar-refractivity contribution >= 4 is 36.2 Å². The molecule has 31 heavy (non-hydrogen) atoms. The van der Waals surface area contributed by atoms with Gasteiger partial charge in [-0.1, -0.05) is 11.6 Å². The summed E-state index contributed by atoms with van der Waals surface area (Å²) in [6.07, 6.45) is -0.362. The van der Waals surface area contributed by atoms with Gasteiger partial charge in [0, 0.05) is 36.2 Å². The Kier molecular flexibility index (Phi) is 6.15. The van der Waals surface area contributed by atoms with Crippen molar-refractivity contribution in [3.8, 4) is 0 Å². The van der Waals surface area contributed by atoms with Crippen LogP contribution in [0.3, 0.4) is 0 Å². The van der Waals surface area contributed by atoms with E-state index in [0.29, 0.717) is 29.1 Å². The zero-order chi connectivity index (χ0) is 23.4. The summed E-state index contributed by atoms with van der Waals surface area (Å²) >= 11 is 6.41. The van der Waals surface area contributed by atoms with Gasteiger partial charge in [-0.25, -0.2) is 4.79 Å². The van der Waals surface area contributed by atoms with Crippen LogP contribution in [-0.4, -0.2) is 71.9 Å². The largest absolute Gasteiger partial charge is 0.496 e. The van der Waals surface area contributed by atoms with Gasteiger partial charge >= 0.3 is 13.2 Å². The first-order valence-electron chi connectivity index (χ1n) is 10.5. The molecule has 0 N–H and O–H groups in total. The van der Waals surface area contributed by atoms with Crippen LogP contribution in [0.4, 0.5) is 4.79 Å². The van der Waals surface area contributed by atoms with Crippen LogP contribution in [0.25, 0.3) is 0 Å². The molecule has 2 saturated heterocycles. The molecule has 7 nitrogen and oxygen atoms in total. The molecule has 0 radical (unpaired) electrons. The third-order valence-corrected chi connectivity index (χ3v) is 6.48. The van der Waals surface area contributed by atoms with Gasteiger partial charge in [0.05, 0.1) is 17.2 Å². The third-order valence-electron chi connectivity index (χ3n) is 6.13. The van der Waals surface area contributed by atoms with Gasteiger partial charge in [-0.15, -0.1) is 0 Å². The maximum atomic E-state index is 13.1. The number of hydrogen-bond acceptors (Lipinski definition) is 5. The standard InChI is InChI=1S/C22H32BClN2O5/c1-20(2,3)29-19(28)26-12-15(13-26)25(8)18(27)14-9-10-17(24)16(11-14)23-30-21(4,5)22(6,7)31-23/h9-11,15H,12-13H2,1-8H3. The molecular formula is C22H32BClN2O5. The highest BCUT2D eigenvalue weighted by Gasteiger charge is 2.52. The summed E-state index contributed by atoms with van der Waals surface area (Å²) in [4.78, 5) is 28.5. The summed E-state index contributed by atoms with van der Waals surface area (Å²) in [7, 11) is 1.09. The SMILES string of the molecule is CN(C(=O)c1ccc(Cl)c(B2OC(C)(C)C(C)(C)O2)c1)C1CN(C(=O)OC(C)(C)C)C1. The number of halogens is 1. The Morgan fingerprint density at radius 2 is 1.71 bits per heavy atom. The maximum absolute atomic E-state index is 13.1. The van der Waals surface area contributed by atoms with Crippen LogP contribution in [0.2, 0.25) is 5.02 Å². The molecule has 2 heterocycles. The predicted octanol–water partition coefficient (Wildman–Crippen LogP) is 3.33. The number of carbonyl (C=O) groups is 2. The van der Waals surface area contributed by atoms with Crippen LogP contribution in [0, 0.1) is 0 Å². The predicted molar refractivity (Wildman–Crippen MR) is 121 cm³/mol. The summed E-state index contributed by atoms with van der Waals surface area (Å²) in [5.41, 5.74) is -0.434. The molecular weight excluding hydrogens is 419 g/mol. The Morgan fingerprint density at radius 3 is 2.23 bits per heavy atom. The van der Waals surface area contributed by atoms with E-state index in [2.05, 4.69) is 0 Å². The Bertz CT molecular complexity index is 861. The van der Waals surface area contributed by atoms with E-state index in [9.17, 15) is 9.59 Å². The molecule has 2 fully saturated rings. The van der Waals surface area contributed by atoms with Gasteiger partial charge in [0.2, 0.25) is 0 Å². The number of carbonyl (C=O) groups excluding carboxylic acids is 2. The lowest BCUT2D eigenvalue weighted by molar-refractivity contribution is -0.00906. The smallest absolute Gasteiger partial charge is 0.444 e. The Labute approximate surface area is 190 Å². The molecule has 0 atom stereocenters. The highest BCUT2D eigenvalue weighted by atomic mass is 35.5. The average Bonchev–Trinajstić information content (AvgIpc) is 2.79. The van der Waals surface area contributed by atoms with Gasteiger partial charge < -0.3 is 23.8 Å². The fourth-order valence-electron chi connectivity index (χ4n) is 3.37. The molecule has 2 aliphatic heterocycles. The molecule has 170 valence electrons. The average molecular weight is 451 g/mol. The van der Waals surface area contributed by atoms with Crippen molar-refractivity contribution in [2.75, 3.05) is 20.1 Å². The molecule has 0 aromatic heterocycles. The molecule has 0 unspecified atom stereocenters. The van der Waals surface area contributed by atoms with E-state index in [1.165, 1.54) is 0 Å². The molecule has 2 amide bonds. The first-order valence-corrected chi connectivity index (χ1v) is 10.9. The van der Waals surface area contributed by atoms with Crippen LogP contribution in [0.1, 0.15) is 58.8 Å². The number of nitrogens with zero attached hydrogens (tertiary/aromatic N) is 2. The fraction of sp³-hybridized carbons (Fsp3) is 0.636. The van der Waals surface area contributed by atoms with E-state index in [1.54, 1.807) is 35.0 Å².